The van der Waals surface area contributed by atoms with Gasteiger partial charge in [-0.15, -0.1) is 0 Å². The molecule has 0 saturated heterocycles. The molecule has 0 amide bonds. The fourth-order valence-electron chi connectivity index (χ4n) is 10.8. The number of fused-ring (bicyclic) bond motifs is 6. The predicted octanol–water partition coefficient (Wildman–Crippen LogP) is 20.4. The Hall–Kier alpha value is -4.88. The number of hydrogen-bond acceptors (Lipinski definition) is 4. The number of benzene rings is 6. The summed E-state index contributed by atoms with van der Waals surface area (Å²) in [5.41, 5.74) is 23.4. The van der Waals surface area contributed by atoms with E-state index in [1.54, 1.807) is 0 Å². The Bertz CT molecular complexity index is 3140. The van der Waals surface area contributed by atoms with Crippen LogP contribution in [0, 0.1) is 55.4 Å². The van der Waals surface area contributed by atoms with Crippen molar-refractivity contribution in [3.63, 3.8) is 0 Å². The van der Waals surface area contributed by atoms with E-state index in [1.807, 2.05) is 0 Å². The molecule has 0 unspecified atom stereocenters. The number of rotatable bonds is 2. The van der Waals surface area contributed by atoms with Crippen molar-refractivity contribution in [2.45, 2.75) is 186 Å². The van der Waals surface area contributed by atoms with Crippen LogP contribution in [0.4, 0.5) is 0 Å². The lowest BCUT2D eigenvalue weighted by Gasteiger charge is -2.23. The lowest BCUT2D eigenvalue weighted by molar-refractivity contribution is 0.567. The van der Waals surface area contributed by atoms with Gasteiger partial charge in [0.15, 0.2) is 0 Å². The van der Waals surface area contributed by atoms with E-state index in [2.05, 4.69) is 199 Å². The van der Waals surface area contributed by atoms with Gasteiger partial charge in [-0.05, 0) is 182 Å². The predicted molar refractivity (Wildman–Crippen MR) is 303 cm³/mol. The summed E-state index contributed by atoms with van der Waals surface area (Å²) in [5, 5.41) is 7.09. The molecule has 0 aliphatic heterocycles. The fourth-order valence-corrected chi connectivity index (χ4v) is 14.1. The fraction of sp³-hybridized carbons (Fsp3) is 0.438. The van der Waals surface area contributed by atoms with Gasteiger partial charge in [0, 0.05) is 43.8 Å². The first kappa shape index (κ1) is 50.1. The standard InChI is InChI=1S/C64H78O4P2/c1-35-29-47(61(9,10)11)57-53(39(35)5)54-40(6)36(2)30-48(62(12,13)14)58(54)66-69(65-57)51-33-43-21-25-45(51)27-23-44-22-26-46(28-24-43)52(34-44)70-67-59-49(63(15,16)17)31-37(3)41(7)55(59)56-42(8)38(4)32-50(60(56)68-70)64(18,19)20/h21-22,25-26,29-34H,23-24,27-28H2,1-20H3. The zero-order valence-electron chi connectivity index (χ0n) is 46.1. The summed E-state index contributed by atoms with van der Waals surface area (Å²) in [7, 11) is -3.18. The van der Waals surface area contributed by atoms with Crippen LogP contribution in [-0.2, 0) is 47.3 Å². The van der Waals surface area contributed by atoms with E-state index in [4.69, 9.17) is 16.8 Å². The summed E-state index contributed by atoms with van der Waals surface area (Å²) in [6, 6.07) is 23.7. The molecule has 70 heavy (non-hydrogen) atoms. The highest BCUT2D eigenvalue weighted by Gasteiger charge is 2.31. The Morgan fingerprint density at radius 1 is 0.329 bits per heavy atom. The van der Waals surface area contributed by atoms with Gasteiger partial charge in [0.1, 0.15) is 22.3 Å². The van der Waals surface area contributed by atoms with E-state index in [1.165, 1.54) is 121 Å². The molecule has 0 spiro atoms. The third kappa shape index (κ3) is 8.72. The summed E-state index contributed by atoms with van der Waals surface area (Å²) < 4.78 is 30.3. The molecule has 0 saturated carbocycles. The quantitative estimate of drug-likeness (QED) is 0.173. The van der Waals surface area contributed by atoms with Crippen molar-refractivity contribution in [2.24, 2.45) is 0 Å². The van der Waals surface area contributed by atoms with Gasteiger partial charge in [-0.25, -0.2) is 0 Å². The van der Waals surface area contributed by atoms with Crippen LogP contribution in [0.5, 0.6) is 0 Å². The van der Waals surface area contributed by atoms with Gasteiger partial charge in [-0.2, -0.15) is 0 Å². The van der Waals surface area contributed by atoms with Crippen molar-refractivity contribution >= 4 is 59.9 Å². The minimum atomic E-state index is -1.59. The smallest absolute Gasteiger partial charge is 0.253 e. The second-order valence-electron chi connectivity index (χ2n) is 25.1. The van der Waals surface area contributed by atoms with Gasteiger partial charge in [0.25, 0.3) is 16.0 Å². The Morgan fingerprint density at radius 3 is 0.800 bits per heavy atom. The average molecular weight is 973 g/mol. The molecule has 0 radical (unpaired) electrons. The van der Waals surface area contributed by atoms with Gasteiger partial charge in [-0.1, -0.05) is 132 Å². The van der Waals surface area contributed by atoms with Crippen molar-refractivity contribution in [3.05, 3.63) is 150 Å². The normalized spacial score (nSPS) is 13.8. The first-order chi connectivity index (χ1) is 32.5. The third-order valence-corrected chi connectivity index (χ3v) is 18.7. The lowest BCUT2D eigenvalue weighted by atomic mass is 9.81. The molecule has 12 rings (SSSR count). The van der Waals surface area contributed by atoms with E-state index < -0.39 is 16.0 Å². The summed E-state index contributed by atoms with van der Waals surface area (Å²) in [5.74, 6) is 0. The summed E-state index contributed by atoms with van der Waals surface area (Å²) >= 11 is 0. The molecule has 6 aromatic carbocycles. The number of hydrogen-bond donors (Lipinski definition) is 0. The molecule has 4 aliphatic carbocycles. The second-order valence-corrected chi connectivity index (χ2v) is 27.8. The molecule has 0 N–H and O–H groups in total. The van der Waals surface area contributed by atoms with Crippen molar-refractivity contribution in [2.75, 3.05) is 0 Å². The maximum absolute atomic E-state index is 7.58. The zero-order valence-corrected chi connectivity index (χ0v) is 47.9. The molecule has 2 heterocycles. The maximum Gasteiger partial charge on any atom is 0.253 e. The number of aryl methyl sites for hydroxylation is 12. The van der Waals surface area contributed by atoms with E-state index in [0.29, 0.717) is 0 Å². The topological polar surface area (TPSA) is 52.6 Å². The van der Waals surface area contributed by atoms with E-state index >= 15 is 0 Å². The molecular weight excluding hydrogens is 895 g/mol. The molecule has 8 aromatic rings. The molecule has 6 heteroatoms. The van der Waals surface area contributed by atoms with Crippen LogP contribution >= 0.6 is 16.0 Å². The van der Waals surface area contributed by atoms with Crippen LogP contribution in [0.25, 0.3) is 54.5 Å². The van der Waals surface area contributed by atoms with Crippen LogP contribution < -0.4 is 0 Å². The maximum atomic E-state index is 7.58. The molecule has 4 nitrogen and oxygen atoms in total. The minimum absolute atomic E-state index is 0.154. The van der Waals surface area contributed by atoms with Crippen molar-refractivity contribution < 1.29 is 16.8 Å². The molecule has 368 valence electrons. The Morgan fingerprint density at radius 2 is 0.571 bits per heavy atom. The minimum Gasteiger partial charge on any atom is -0.415 e. The van der Waals surface area contributed by atoms with E-state index in [9.17, 15) is 0 Å². The highest BCUT2D eigenvalue weighted by atomic mass is 31.1. The molecule has 4 bridgehead atoms. The highest BCUT2D eigenvalue weighted by molar-refractivity contribution is 7.46. The van der Waals surface area contributed by atoms with Gasteiger partial charge < -0.3 is 16.8 Å². The van der Waals surface area contributed by atoms with Crippen LogP contribution in [0.1, 0.15) is 172 Å². The summed E-state index contributed by atoms with van der Waals surface area (Å²) in [6.45, 7) is 45.8. The van der Waals surface area contributed by atoms with Gasteiger partial charge in [-0.3, -0.25) is 0 Å². The second kappa shape index (κ2) is 17.4. The van der Waals surface area contributed by atoms with Crippen molar-refractivity contribution in [1.29, 1.82) is 0 Å². The van der Waals surface area contributed by atoms with Crippen molar-refractivity contribution in [1.82, 2.24) is 0 Å². The first-order valence-electron chi connectivity index (χ1n) is 25.7. The highest BCUT2D eigenvalue weighted by Crippen LogP contribution is 2.53. The first-order valence-corrected chi connectivity index (χ1v) is 28.0. The van der Waals surface area contributed by atoms with Crippen LogP contribution in [-0.4, -0.2) is 0 Å². The average Bonchev–Trinajstić information content (AvgIpc) is 3.55. The third-order valence-electron chi connectivity index (χ3n) is 15.7. The summed E-state index contributed by atoms with van der Waals surface area (Å²) in [6.07, 6.45) is 3.37. The lowest BCUT2D eigenvalue weighted by Crippen LogP contribution is -2.13. The summed E-state index contributed by atoms with van der Waals surface area (Å²) in [4.78, 5) is 0. The molecule has 2 aromatic heterocycles. The molecular formula is C64H78O4P2. The van der Waals surface area contributed by atoms with E-state index in [0.717, 1.165) is 48.0 Å². The van der Waals surface area contributed by atoms with Crippen molar-refractivity contribution in [3.8, 4) is 10.6 Å². The monoisotopic (exact) mass is 973 g/mol. The Balaban J connectivity index is 1.30. The van der Waals surface area contributed by atoms with Gasteiger partial charge >= 0.3 is 0 Å². The van der Waals surface area contributed by atoms with E-state index in [-0.39, 0.29) is 21.7 Å². The molecule has 0 fully saturated rings. The zero-order chi connectivity index (χ0) is 50.9. The largest absolute Gasteiger partial charge is 0.415 e. The Labute approximate surface area is 420 Å². The van der Waals surface area contributed by atoms with Crippen LogP contribution in [0.3, 0.4) is 0 Å². The van der Waals surface area contributed by atoms with Crippen LogP contribution in [0.2, 0.25) is 0 Å². The SMILES string of the molecule is Cc1cc(C(C)(C)C)c2op(-c3cc4ccc3CCc3ccc(c(-p5oc6c(C(C)(C)C)cc(C)c(C)c6c6c(C)c(C)cc(C(C)(C)C)c6o5)c3)CC4)oc3c(C(C)(C)C)cc(C)c(C)c3c2c1C. The van der Waals surface area contributed by atoms with Crippen LogP contribution in [0.15, 0.2) is 77.5 Å². The molecule has 0 atom stereocenters. The van der Waals surface area contributed by atoms with Gasteiger partial charge in [0.05, 0.1) is 10.6 Å². The molecule has 4 aliphatic rings. The van der Waals surface area contributed by atoms with Gasteiger partial charge in [0.2, 0.25) is 0 Å². The Kier molecular flexibility index (Phi) is 12.5.